The first-order chi connectivity index (χ1) is 9.13. The van der Waals surface area contributed by atoms with Gasteiger partial charge in [0, 0.05) is 5.56 Å². The Morgan fingerprint density at radius 2 is 1.63 bits per heavy atom. The molecular formula is C15H15F2NO. The van der Waals surface area contributed by atoms with Gasteiger partial charge in [0.15, 0.2) is 0 Å². The molecule has 0 bridgehead atoms. The summed E-state index contributed by atoms with van der Waals surface area (Å²) in [5.41, 5.74) is 0.716. The van der Waals surface area contributed by atoms with Crippen molar-refractivity contribution in [3.63, 3.8) is 0 Å². The van der Waals surface area contributed by atoms with Crippen molar-refractivity contribution in [2.24, 2.45) is 0 Å². The standard InChI is InChI=1S/C15H15F2NO/c1-10(15-11(16)6-5-7-12(15)17)18-13-8-3-4-9-14(13)19-2/h3-10,18H,1-2H3/t10-/m0/s1. The highest BCUT2D eigenvalue weighted by Crippen LogP contribution is 2.29. The summed E-state index contributed by atoms with van der Waals surface area (Å²) in [6.45, 7) is 1.70. The summed E-state index contributed by atoms with van der Waals surface area (Å²) in [6.07, 6.45) is 0. The van der Waals surface area contributed by atoms with Crippen LogP contribution in [0, 0.1) is 11.6 Å². The van der Waals surface area contributed by atoms with E-state index < -0.39 is 17.7 Å². The summed E-state index contributed by atoms with van der Waals surface area (Å²) in [5.74, 6) is -0.490. The van der Waals surface area contributed by atoms with E-state index >= 15 is 0 Å². The molecule has 0 spiro atoms. The molecule has 4 heteroatoms. The number of halogens is 2. The molecule has 0 amide bonds. The summed E-state index contributed by atoms with van der Waals surface area (Å²) in [5, 5.41) is 3.05. The Kier molecular flexibility index (Phi) is 4.00. The number of para-hydroxylation sites is 2. The van der Waals surface area contributed by atoms with Crippen LogP contribution in [0.4, 0.5) is 14.5 Å². The van der Waals surface area contributed by atoms with Crippen LogP contribution in [-0.2, 0) is 0 Å². The third-order valence-electron chi connectivity index (χ3n) is 2.91. The highest BCUT2D eigenvalue weighted by Gasteiger charge is 2.16. The van der Waals surface area contributed by atoms with Gasteiger partial charge >= 0.3 is 0 Å². The molecule has 0 aliphatic carbocycles. The predicted octanol–water partition coefficient (Wildman–Crippen LogP) is 4.15. The number of benzene rings is 2. The Bertz CT molecular complexity index is 552. The fraction of sp³-hybridized carbons (Fsp3) is 0.200. The van der Waals surface area contributed by atoms with Gasteiger partial charge in [-0.05, 0) is 31.2 Å². The quantitative estimate of drug-likeness (QED) is 0.894. The fourth-order valence-electron chi connectivity index (χ4n) is 1.99. The van der Waals surface area contributed by atoms with Crippen molar-refractivity contribution >= 4 is 5.69 Å². The first-order valence-electron chi connectivity index (χ1n) is 5.97. The Hall–Kier alpha value is -2.10. The summed E-state index contributed by atoms with van der Waals surface area (Å²) in [6, 6.07) is 10.6. The van der Waals surface area contributed by atoms with Crippen molar-refractivity contribution in [2.45, 2.75) is 13.0 Å². The summed E-state index contributed by atoms with van der Waals surface area (Å²) < 4.78 is 32.5. The number of anilines is 1. The zero-order chi connectivity index (χ0) is 13.8. The molecule has 100 valence electrons. The van der Waals surface area contributed by atoms with Crippen LogP contribution in [0.2, 0.25) is 0 Å². The Morgan fingerprint density at radius 3 is 2.26 bits per heavy atom. The number of hydrogen-bond acceptors (Lipinski definition) is 2. The maximum atomic E-state index is 13.7. The largest absolute Gasteiger partial charge is 0.495 e. The Labute approximate surface area is 111 Å². The van der Waals surface area contributed by atoms with E-state index in [-0.39, 0.29) is 5.56 Å². The van der Waals surface area contributed by atoms with Crippen LogP contribution in [0.5, 0.6) is 5.75 Å². The Balaban J connectivity index is 2.28. The van der Waals surface area contributed by atoms with Gasteiger partial charge in [-0.2, -0.15) is 0 Å². The van der Waals surface area contributed by atoms with Crippen LogP contribution in [-0.4, -0.2) is 7.11 Å². The molecule has 0 fully saturated rings. The maximum absolute atomic E-state index is 13.7. The van der Waals surface area contributed by atoms with Gasteiger partial charge in [-0.1, -0.05) is 18.2 Å². The molecule has 0 unspecified atom stereocenters. The minimum absolute atomic E-state index is 0.0217. The van der Waals surface area contributed by atoms with E-state index in [0.717, 1.165) is 0 Å². The second-order valence-corrected chi connectivity index (χ2v) is 4.20. The molecule has 0 heterocycles. The third-order valence-corrected chi connectivity index (χ3v) is 2.91. The summed E-state index contributed by atoms with van der Waals surface area (Å²) in [7, 11) is 1.55. The van der Waals surface area contributed by atoms with Crippen molar-refractivity contribution in [1.29, 1.82) is 0 Å². The molecule has 0 saturated carbocycles. The zero-order valence-corrected chi connectivity index (χ0v) is 10.8. The molecule has 2 rings (SSSR count). The molecule has 0 radical (unpaired) electrons. The van der Waals surface area contributed by atoms with E-state index in [1.165, 1.54) is 18.2 Å². The number of nitrogens with one attached hydrogen (secondary N) is 1. The Morgan fingerprint density at radius 1 is 1.00 bits per heavy atom. The molecule has 19 heavy (non-hydrogen) atoms. The van der Waals surface area contributed by atoms with Crippen molar-refractivity contribution < 1.29 is 13.5 Å². The van der Waals surface area contributed by atoms with Crippen molar-refractivity contribution in [2.75, 3.05) is 12.4 Å². The summed E-state index contributed by atoms with van der Waals surface area (Å²) >= 11 is 0. The summed E-state index contributed by atoms with van der Waals surface area (Å²) in [4.78, 5) is 0. The molecule has 2 aromatic carbocycles. The van der Waals surface area contributed by atoms with Gasteiger partial charge < -0.3 is 10.1 Å². The lowest BCUT2D eigenvalue weighted by Gasteiger charge is -2.18. The molecular weight excluding hydrogens is 248 g/mol. The van der Waals surface area contributed by atoms with E-state index in [9.17, 15) is 8.78 Å². The van der Waals surface area contributed by atoms with E-state index in [1.807, 2.05) is 12.1 Å². The molecule has 1 atom stereocenters. The van der Waals surface area contributed by atoms with Crippen LogP contribution in [0.3, 0.4) is 0 Å². The van der Waals surface area contributed by atoms with Gasteiger partial charge in [0.25, 0.3) is 0 Å². The minimum atomic E-state index is -0.560. The highest BCUT2D eigenvalue weighted by atomic mass is 19.1. The molecule has 2 aromatic rings. The second-order valence-electron chi connectivity index (χ2n) is 4.20. The first-order valence-corrected chi connectivity index (χ1v) is 5.97. The van der Waals surface area contributed by atoms with Gasteiger partial charge in [-0.25, -0.2) is 8.78 Å². The lowest BCUT2D eigenvalue weighted by molar-refractivity contribution is 0.416. The number of hydrogen-bond donors (Lipinski definition) is 1. The van der Waals surface area contributed by atoms with Crippen LogP contribution < -0.4 is 10.1 Å². The van der Waals surface area contributed by atoms with Crippen LogP contribution in [0.25, 0.3) is 0 Å². The zero-order valence-electron chi connectivity index (χ0n) is 10.8. The van der Waals surface area contributed by atoms with Crippen molar-refractivity contribution in [3.8, 4) is 5.75 Å². The third kappa shape index (κ3) is 2.84. The minimum Gasteiger partial charge on any atom is -0.495 e. The van der Waals surface area contributed by atoms with Crippen LogP contribution >= 0.6 is 0 Å². The van der Waals surface area contributed by atoms with E-state index in [1.54, 1.807) is 26.2 Å². The lowest BCUT2D eigenvalue weighted by Crippen LogP contribution is -2.11. The topological polar surface area (TPSA) is 21.3 Å². The average Bonchev–Trinajstić information content (AvgIpc) is 2.39. The van der Waals surface area contributed by atoms with E-state index in [2.05, 4.69) is 5.32 Å². The normalized spacial score (nSPS) is 12.0. The van der Waals surface area contributed by atoms with Gasteiger partial charge in [-0.15, -0.1) is 0 Å². The first kappa shape index (κ1) is 13.3. The molecule has 2 nitrogen and oxygen atoms in total. The van der Waals surface area contributed by atoms with Gasteiger partial charge in [0.1, 0.15) is 17.4 Å². The van der Waals surface area contributed by atoms with Crippen molar-refractivity contribution in [1.82, 2.24) is 0 Å². The molecule has 0 aliphatic heterocycles. The average molecular weight is 263 g/mol. The monoisotopic (exact) mass is 263 g/mol. The highest BCUT2D eigenvalue weighted by molar-refractivity contribution is 5.57. The van der Waals surface area contributed by atoms with Gasteiger partial charge in [0.2, 0.25) is 0 Å². The number of methoxy groups -OCH3 is 1. The second kappa shape index (κ2) is 5.69. The molecule has 0 aromatic heterocycles. The fourth-order valence-corrected chi connectivity index (χ4v) is 1.99. The molecule has 0 aliphatic rings. The van der Waals surface area contributed by atoms with Crippen LogP contribution in [0.1, 0.15) is 18.5 Å². The van der Waals surface area contributed by atoms with Gasteiger partial charge in [0.05, 0.1) is 18.8 Å². The number of ether oxygens (including phenoxy) is 1. The predicted molar refractivity (Wildman–Crippen MR) is 71.4 cm³/mol. The van der Waals surface area contributed by atoms with E-state index in [0.29, 0.717) is 11.4 Å². The van der Waals surface area contributed by atoms with Gasteiger partial charge in [-0.3, -0.25) is 0 Å². The maximum Gasteiger partial charge on any atom is 0.141 e. The van der Waals surface area contributed by atoms with Crippen LogP contribution in [0.15, 0.2) is 42.5 Å². The SMILES string of the molecule is COc1ccccc1N[C@@H](C)c1c(F)cccc1F. The number of rotatable bonds is 4. The van der Waals surface area contributed by atoms with E-state index in [4.69, 9.17) is 4.74 Å². The smallest absolute Gasteiger partial charge is 0.141 e. The molecule has 0 saturated heterocycles. The molecule has 1 N–H and O–H groups in total. The lowest BCUT2D eigenvalue weighted by atomic mass is 10.1. The van der Waals surface area contributed by atoms with Crippen molar-refractivity contribution in [3.05, 3.63) is 59.7 Å².